The lowest BCUT2D eigenvalue weighted by Crippen LogP contribution is -1.96. The van der Waals surface area contributed by atoms with E-state index in [1.165, 1.54) is 11.8 Å². The zero-order valence-corrected chi connectivity index (χ0v) is 12.8. The van der Waals surface area contributed by atoms with E-state index in [1.54, 1.807) is 25.2 Å². The molecule has 9 nitrogen and oxygen atoms in total. The molecule has 0 N–H and O–H groups in total. The van der Waals surface area contributed by atoms with Crippen molar-refractivity contribution in [2.75, 3.05) is 7.11 Å². The highest BCUT2D eigenvalue weighted by atomic mass is 35.5. The van der Waals surface area contributed by atoms with E-state index in [1.807, 2.05) is 0 Å². The maximum Gasteiger partial charge on any atom is 0.320 e. The van der Waals surface area contributed by atoms with Gasteiger partial charge < -0.3 is 9.26 Å². The summed E-state index contributed by atoms with van der Waals surface area (Å²) in [6, 6.07) is 4.95. The highest BCUT2D eigenvalue weighted by molar-refractivity contribution is 6.30. The summed E-state index contributed by atoms with van der Waals surface area (Å²) in [6.45, 7) is 0. The fraction of sp³-hybridized carbons (Fsp3) is 0.154. The first-order valence-corrected chi connectivity index (χ1v) is 6.73. The molecule has 0 fully saturated rings. The highest BCUT2D eigenvalue weighted by Crippen LogP contribution is 2.33. The van der Waals surface area contributed by atoms with Crippen LogP contribution in [0, 0.1) is 10.1 Å². The van der Waals surface area contributed by atoms with Crippen LogP contribution in [0.3, 0.4) is 0 Å². The van der Waals surface area contributed by atoms with Crippen LogP contribution in [-0.4, -0.2) is 32.0 Å². The standard InChI is InChI=1S/C13H10ClN5O4/c1-18-11(9(6-15-18)19(20)21)13-16-12(17-23-13)8-5-7(14)3-4-10(8)22-2/h3-6H,1-2H3. The number of aromatic nitrogens is 4. The lowest BCUT2D eigenvalue weighted by molar-refractivity contribution is -0.384. The van der Waals surface area contributed by atoms with Crippen molar-refractivity contribution >= 4 is 17.3 Å². The van der Waals surface area contributed by atoms with Crippen molar-refractivity contribution in [3.63, 3.8) is 0 Å². The molecule has 3 aromatic rings. The van der Waals surface area contributed by atoms with Crippen LogP contribution in [0.4, 0.5) is 5.69 Å². The molecule has 0 aliphatic carbocycles. The molecule has 0 unspecified atom stereocenters. The van der Waals surface area contributed by atoms with Gasteiger partial charge in [-0.25, -0.2) is 0 Å². The molecule has 0 saturated heterocycles. The Hall–Kier alpha value is -2.94. The quantitative estimate of drug-likeness (QED) is 0.532. The zero-order chi connectivity index (χ0) is 16.6. The van der Waals surface area contributed by atoms with Crippen LogP contribution < -0.4 is 4.74 Å². The molecule has 2 aromatic heterocycles. The van der Waals surface area contributed by atoms with Gasteiger partial charge in [0.1, 0.15) is 11.9 Å². The predicted molar refractivity (Wildman–Crippen MR) is 80.2 cm³/mol. The Labute approximate surface area is 134 Å². The zero-order valence-electron chi connectivity index (χ0n) is 12.1. The second-order valence-electron chi connectivity index (χ2n) is 4.53. The summed E-state index contributed by atoms with van der Waals surface area (Å²) in [6.07, 6.45) is 1.12. The summed E-state index contributed by atoms with van der Waals surface area (Å²) < 4.78 is 11.7. The molecular weight excluding hydrogens is 326 g/mol. The van der Waals surface area contributed by atoms with Crippen molar-refractivity contribution < 1.29 is 14.2 Å². The van der Waals surface area contributed by atoms with Gasteiger partial charge >= 0.3 is 5.69 Å². The molecule has 0 atom stereocenters. The Bertz CT molecular complexity index is 888. The molecule has 1 aromatic carbocycles. The summed E-state index contributed by atoms with van der Waals surface area (Å²) in [4.78, 5) is 14.7. The molecule has 0 spiro atoms. The van der Waals surface area contributed by atoms with Crippen molar-refractivity contribution in [2.45, 2.75) is 0 Å². The second-order valence-corrected chi connectivity index (χ2v) is 4.96. The molecule has 0 radical (unpaired) electrons. The summed E-state index contributed by atoms with van der Waals surface area (Å²) in [5.74, 6) is 0.685. The Morgan fingerprint density at radius 3 is 2.91 bits per heavy atom. The minimum atomic E-state index is -0.563. The van der Waals surface area contributed by atoms with Crippen LogP contribution in [0.1, 0.15) is 0 Å². The number of hydrogen-bond donors (Lipinski definition) is 0. The van der Waals surface area contributed by atoms with Gasteiger partial charge in [0.15, 0.2) is 0 Å². The van der Waals surface area contributed by atoms with E-state index < -0.39 is 4.92 Å². The molecule has 0 amide bonds. The van der Waals surface area contributed by atoms with Crippen LogP contribution in [0.15, 0.2) is 28.9 Å². The average Bonchev–Trinajstić information content (AvgIpc) is 3.13. The van der Waals surface area contributed by atoms with Gasteiger partial charge in [-0.15, -0.1) is 0 Å². The van der Waals surface area contributed by atoms with Crippen molar-refractivity contribution in [1.29, 1.82) is 0 Å². The molecule has 3 rings (SSSR count). The summed E-state index contributed by atoms with van der Waals surface area (Å²) in [7, 11) is 3.05. The molecule has 0 saturated carbocycles. The minimum absolute atomic E-state index is 0.0197. The number of methoxy groups -OCH3 is 1. The number of aryl methyl sites for hydroxylation is 1. The average molecular weight is 336 g/mol. The molecule has 0 aliphatic heterocycles. The van der Waals surface area contributed by atoms with Crippen molar-refractivity contribution in [3.05, 3.63) is 39.5 Å². The maximum atomic E-state index is 11.1. The number of hydrogen-bond acceptors (Lipinski definition) is 7. The van der Waals surface area contributed by atoms with E-state index in [9.17, 15) is 10.1 Å². The number of halogens is 1. The van der Waals surface area contributed by atoms with E-state index in [4.69, 9.17) is 20.9 Å². The third-order valence-corrected chi connectivity index (χ3v) is 3.38. The minimum Gasteiger partial charge on any atom is -0.496 e. The third-order valence-electron chi connectivity index (χ3n) is 3.15. The molecule has 0 aliphatic rings. The molecular formula is C13H10ClN5O4. The molecule has 23 heavy (non-hydrogen) atoms. The Morgan fingerprint density at radius 2 is 2.22 bits per heavy atom. The van der Waals surface area contributed by atoms with Crippen LogP contribution in [-0.2, 0) is 7.05 Å². The lowest BCUT2D eigenvalue weighted by atomic mass is 10.2. The number of nitro groups is 1. The van der Waals surface area contributed by atoms with E-state index in [0.29, 0.717) is 16.3 Å². The van der Waals surface area contributed by atoms with Crippen LogP contribution in [0.2, 0.25) is 5.02 Å². The normalized spacial score (nSPS) is 10.7. The van der Waals surface area contributed by atoms with Crippen molar-refractivity contribution in [3.8, 4) is 28.7 Å². The van der Waals surface area contributed by atoms with Crippen LogP contribution in [0.5, 0.6) is 5.75 Å². The van der Waals surface area contributed by atoms with Gasteiger partial charge in [-0.05, 0) is 18.2 Å². The monoisotopic (exact) mass is 335 g/mol. The predicted octanol–water partition coefficient (Wildman–Crippen LogP) is 2.71. The Kier molecular flexibility index (Phi) is 3.70. The fourth-order valence-electron chi connectivity index (χ4n) is 2.09. The molecule has 118 valence electrons. The van der Waals surface area contributed by atoms with Gasteiger partial charge in [0.05, 0.1) is 17.6 Å². The SMILES string of the molecule is COc1ccc(Cl)cc1-c1noc(-c2c([N+](=O)[O-])cnn2C)n1. The van der Waals surface area contributed by atoms with Crippen LogP contribution in [0.25, 0.3) is 23.0 Å². The first-order valence-electron chi connectivity index (χ1n) is 6.35. The Morgan fingerprint density at radius 1 is 1.43 bits per heavy atom. The van der Waals surface area contributed by atoms with E-state index in [0.717, 1.165) is 6.20 Å². The fourth-order valence-corrected chi connectivity index (χ4v) is 2.26. The summed E-state index contributed by atoms with van der Waals surface area (Å²) in [5, 5.41) is 19.2. The van der Waals surface area contributed by atoms with Gasteiger partial charge in [-0.2, -0.15) is 10.1 Å². The van der Waals surface area contributed by atoms with Gasteiger partial charge in [0, 0.05) is 12.1 Å². The van der Waals surface area contributed by atoms with Gasteiger partial charge in [-0.1, -0.05) is 16.8 Å². The molecule has 2 heterocycles. The van der Waals surface area contributed by atoms with E-state index in [-0.39, 0.29) is 23.1 Å². The van der Waals surface area contributed by atoms with Crippen LogP contribution >= 0.6 is 11.6 Å². The topological polar surface area (TPSA) is 109 Å². The number of rotatable bonds is 4. The number of nitrogens with zero attached hydrogens (tertiary/aromatic N) is 5. The lowest BCUT2D eigenvalue weighted by Gasteiger charge is -2.04. The summed E-state index contributed by atoms with van der Waals surface area (Å²) in [5.41, 5.74) is 0.412. The summed E-state index contributed by atoms with van der Waals surface area (Å²) >= 11 is 5.98. The van der Waals surface area contributed by atoms with Crippen molar-refractivity contribution in [2.24, 2.45) is 7.05 Å². The first-order chi connectivity index (χ1) is 11.0. The largest absolute Gasteiger partial charge is 0.496 e. The third kappa shape index (κ3) is 2.61. The highest BCUT2D eigenvalue weighted by Gasteiger charge is 2.26. The van der Waals surface area contributed by atoms with E-state index in [2.05, 4.69) is 15.2 Å². The second kappa shape index (κ2) is 5.69. The van der Waals surface area contributed by atoms with Crippen molar-refractivity contribution in [1.82, 2.24) is 19.9 Å². The Balaban J connectivity index is 2.11. The molecule has 10 heteroatoms. The smallest absolute Gasteiger partial charge is 0.320 e. The first kappa shape index (κ1) is 15.0. The van der Waals surface area contributed by atoms with Gasteiger partial charge in [0.2, 0.25) is 11.5 Å². The number of benzene rings is 1. The van der Waals surface area contributed by atoms with E-state index >= 15 is 0 Å². The molecule has 0 bridgehead atoms. The number of ether oxygens (including phenoxy) is 1. The van der Waals surface area contributed by atoms with Gasteiger partial charge in [0.25, 0.3) is 5.89 Å². The van der Waals surface area contributed by atoms with Gasteiger partial charge in [-0.3, -0.25) is 14.8 Å². The maximum absolute atomic E-state index is 11.1.